The van der Waals surface area contributed by atoms with Crippen molar-refractivity contribution in [3.63, 3.8) is 0 Å². The highest BCUT2D eigenvalue weighted by Gasteiger charge is 2.15. The van der Waals surface area contributed by atoms with Crippen LogP contribution >= 0.6 is 0 Å². The van der Waals surface area contributed by atoms with Crippen molar-refractivity contribution >= 4 is 10.8 Å². The zero-order chi connectivity index (χ0) is 12.4. The molecule has 0 N–H and O–H groups in total. The van der Waals surface area contributed by atoms with Gasteiger partial charge in [-0.2, -0.15) is 5.10 Å². The molecular formula is C13H19N3O. The van der Waals surface area contributed by atoms with E-state index in [1.165, 1.54) is 23.2 Å². The molecule has 0 radical (unpaired) electrons. The molecule has 92 valence electrons. The first-order valence-electron chi connectivity index (χ1n) is 6.31. The second kappa shape index (κ2) is 4.73. The molecule has 0 aliphatic carbocycles. The number of hydrogen-bond acceptors (Lipinski definition) is 2. The molecule has 0 aromatic carbocycles. The highest BCUT2D eigenvalue weighted by Crippen LogP contribution is 2.23. The van der Waals surface area contributed by atoms with E-state index in [1.54, 1.807) is 7.05 Å². The molecule has 3 heterocycles. The third-order valence-electron chi connectivity index (χ3n) is 3.18. The van der Waals surface area contributed by atoms with E-state index in [4.69, 9.17) is 0 Å². The van der Waals surface area contributed by atoms with E-state index in [1.807, 2.05) is 26.2 Å². The van der Waals surface area contributed by atoms with Crippen molar-refractivity contribution in [2.75, 3.05) is 0 Å². The van der Waals surface area contributed by atoms with Crippen molar-refractivity contribution in [1.82, 2.24) is 14.3 Å². The third kappa shape index (κ3) is 1.88. The van der Waals surface area contributed by atoms with Crippen LogP contribution in [0.25, 0.3) is 10.8 Å². The van der Waals surface area contributed by atoms with Gasteiger partial charge in [-0.15, -0.1) is 0 Å². The number of nitrogens with zero attached hydrogens (tertiary/aromatic N) is 3. The normalized spacial score (nSPS) is 14.1. The van der Waals surface area contributed by atoms with Crippen LogP contribution < -0.4 is 5.56 Å². The Labute approximate surface area is 101 Å². The van der Waals surface area contributed by atoms with E-state index in [9.17, 15) is 4.79 Å². The predicted octanol–water partition coefficient (Wildman–Crippen LogP) is 2.10. The summed E-state index contributed by atoms with van der Waals surface area (Å²) in [7, 11) is 1.69. The first-order chi connectivity index (χ1) is 8.27. The molecule has 0 saturated carbocycles. The maximum absolute atomic E-state index is 11.8. The van der Waals surface area contributed by atoms with Crippen molar-refractivity contribution in [2.45, 2.75) is 39.7 Å². The fourth-order valence-electron chi connectivity index (χ4n) is 2.35. The number of hydrogen-bond donors (Lipinski definition) is 0. The van der Waals surface area contributed by atoms with Crippen LogP contribution in [-0.4, -0.2) is 14.3 Å². The number of fused-ring (bicyclic) bond motifs is 3. The Morgan fingerprint density at radius 2 is 2.00 bits per heavy atom. The molecule has 2 aromatic rings. The van der Waals surface area contributed by atoms with Crippen molar-refractivity contribution < 1.29 is 0 Å². The van der Waals surface area contributed by atoms with Crippen LogP contribution in [0.3, 0.4) is 0 Å². The van der Waals surface area contributed by atoms with Crippen molar-refractivity contribution in [3.05, 3.63) is 28.4 Å². The van der Waals surface area contributed by atoms with Gasteiger partial charge in [0.25, 0.3) is 5.56 Å². The standard InChI is InChI=1S/C11H13N3O.C2H6/c1-13-11(15)9-7-14-5-3-2-4-10(14)8(9)6-12-13;1-2/h6-7H,2-5H2,1H3;1-2H3. The minimum Gasteiger partial charge on any atom is -0.350 e. The summed E-state index contributed by atoms with van der Waals surface area (Å²) >= 11 is 0. The topological polar surface area (TPSA) is 39.8 Å². The van der Waals surface area contributed by atoms with E-state index in [2.05, 4.69) is 9.67 Å². The van der Waals surface area contributed by atoms with Crippen molar-refractivity contribution in [2.24, 2.45) is 7.05 Å². The van der Waals surface area contributed by atoms with Gasteiger partial charge >= 0.3 is 0 Å². The predicted molar refractivity (Wildman–Crippen MR) is 69.3 cm³/mol. The lowest BCUT2D eigenvalue weighted by molar-refractivity contribution is 0.536. The summed E-state index contributed by atoms with van der Waals surface area (Å²) in [5.41, 5.74) is 1.29. The quantitative estimate of drug-likeness (QED) is 0.699. The monoisotopic (exact) mass is 233 g/mol. The van der Waals surface area contributed by atoms with E-state index in [0.717, 1.165) is 23.7 Å². The molecule has 1 aliphatic rings. The Morgan fingerprint density at radius 1 is 1.24 bits per heavy atom. The maximum atomic E-state index is 11.8. The van der Waals surface area contributed by atoms with E-state index >= 15 is 0 Å². The summed E-state index contributed by atoms with van der Waals surface area (Å²) in [5.74, 6) is 0. The summed E-state index contributed by atoms with van der Waals surface area (Å²) < 4.78 is 3.60. The van der Waals surface area contributed by atoms with Crippen LogP contribution in [0.15, 0.2) is 17.2 Å². The van der Waals surface area contributed by atoms with Crippen LogP contribution in [0.1, 0.15) is 32.4 Å². The molecule has 0 saturated heterocycles. The van der Waals surface area contributed by atoms with Gasteiger partial charge < -0.3 is 4.57 Å². The molecule has 0 unspecified atom stereocenters. The Morgan fingerprint density at radius 3 is 2.76 bits per heavy atom. The van der Waals surface area contributed by atoms with Gasteiger partial charge in [0.05, 0.1) is 11.6 Å². The fraction of sp³-hybridized carbons (Fsp3) is 0.538. The molecular weight excluding hydrogens is 214 g/mol. The van der Waals surface area contributed by atoms with Gasteiger partial charge in [-0.1, -0.05) is 13.8 Å². The molecule has 4 heteroatoms. The van der Waals surface area contributed by atoms with Crippen LogP contribution in [0, 0.1) is 0 Å². The molecule has 0 fully saturated rings. The highest BCUT2D eigenvalue weighted by atomic mass is 16.1. The van der Waals surface area contributed by atoms with Gasteiger partial charge in [0.2, 0.25) is 0 Å². The van der Waals surface area contributed by atoms with Crippen LogP contribution in [-0.2, 0) is 20.0 Å². The second-order valence-electron chi connectivity index (χ2n) is 4.13. The van der Waals surface area contributed by atoms with Crippen molar-refractivity contribution in [3.8, 4) is 0 Å². The Balaban J connectivity index is 0.000000514. The average molecular weight is 233 g/mol. The largest absolute Gasteiger partial charge is 0.350 e. The van der Waals surface area contributed by atoms with Gasteiger partial charge in [-0.3, -0.25) is 4.79 Å². The lowest BCUT2D eigenvalue weighted by Gasteiger charge is -2.14. The number of rotatable bonds is 0. The molecule has 0 amide bonds. The van der Waals surface area contributed by atoms with Crippen LogP contribution in [0.2, 0.25) is 0 Å². The van der Waals surface area contributed by atoms with Gasteiger partial charge in [-0.25, -0.2) is 4.68 Å². The summed E-state index contributed by atoms with van der Waals surface area (Å²) in [4.78, 5) is 11.8. The zero-order valence-electron chi connectivity index (χ0n) is 10.7. The van der Waals surface area contributed by atoms with E-state index < -0.39 is 0 Å². The third-order valence-corrected chi connectivity index (χ3v) is 3.18. The molecule has 2 aromatic heterocycles. The molecule has 1 aliphatic heterocycles. The average Bonchev–Trinajstić information content (AvgIpc) is 2.76. The Kier molecular flexibility index (Phi) is 3.31. The minimum atomic E-state index is 0.00870. The number of aryl methyl sites for hydroxylation is 3. The van der Waals surface area contributed by atoms with Gasteiger partial charge in [0, 0.05) is 30.9 Å². The smallest absolute Gasteiger partial charge is 0.275 e. The summed E-state index contributed by atoms with van der Waals surface area (Å²) in [5, 5.41) is 5.93. The first kappa shape index (κ1) is 11.9. The maximum Gasteiger partial charge on any atom is 0.275 e. The van der Waals surface area contributed by atoms with Crippen molar-refractivity contribution in [1.29, 1.82) is 0 Å². The Hall–Kier alpha value is -1.58. The fourth-order valence-corrected chi connectivity index (χ4v) is 2.35. The summed E-state index contributed by atoms with van der Waals surface area (Å²) in [6.07, 6.45) is 7.29. The second-order valence-corrected chi connectivity index (χ2v) is 4.13. The highest BCUT2D eigenvalue weighted by molar-refractivity contribution is 5.84. The molecule has 3 rings (SSSR count). The van der Waals surface area contributed by atoms with Crippen LogP contribution in [0.4, 0.5) is 0 Å². The molecule has 0 bridgehead atoms. The summed E-state index contributed by atoms with van der Waals surface area (Å²) in [6.45, 7) is 5.03. The minimum absolute atomic E-state index is 0.00870. The van der Waals surface area contributed by atoms with E-state index in [0.29, 0.717) is 0 Å². The zero-order valence-corrected chi connectivity index (χ0v) is 10.7. The SMILES string of the molecule is CC.Cn1ncc2c3n(cc2c1=O)CCCC3. The van der Waals surface area contributed by atoms with Gasteiger partial charge in [0.15, 0.2) is 0 Å². The summed E-state index contributed by atoms with van der Waals surface area (Å²) in [6, 6.07) is 0. The first-order valence-corrected chi connectivity index (χ1v) is 6.31. The van der Waals surface area contributed by atoms with Gasteiger partial charge in [0.1, 0.15) is 0 Å². The molecule has 4 nitrogen and oxygen atoms in total. The molecule has 17 heavy (non-hydrogen) atoms. The van der Waals surface area contributed by atoms with Crippen LogP contribution in [0.5, 0.6) is 0 Å². The Bertz CT molecular complexity index is 580. The molecule has 0 spiro atoms. The lowest BCUT2D eigenvalue weighted by Crippen LogP contribution is -2.18. The van der Waals surface area contributed by atoms with Gasteiger partial charge in [-0.05, 0) is 19.3 Å². The molecule has 0 atom stereocenters. The lowest BCUT2D eigenvalue weighted by atomic mass is 10.1. The number of aromatic nitrogens is 3. The van der Waals surface area contributed by atoms with E-state index in [-0.39, 0.29) is 5.56 Å².